The van der Waals surface area contributed by atoms with Gasteiger partial charge in [-0.1, -0.05) is 0 Å². The van der Waals surface area contributed by atoms with E-state index in [0.717, 1.165) is 0 Å². The minimum Gasteiger partial charge on any atom is -0.389 e. The summed E-state index contributed by atoms with van der Waals surface area (Å²) in [7, 11) is 1.53. The maximum Gasteiger partial charge on any atom is 0.250 e. The molecule has 0 amide bonds. The molecule has 0 saturated carbocycles. The average molecular weight is 197 g/mol. The summed E-state index contributed by atoms with van der Waals surface area (Å²) in [5.74, 6) is 0. The Kier molecular flexibility index (Phi) is 6.11. The van der Waals surface area contributed by atoms with Crippen molar-refractivity contribution in [2.24, 2.45) is 0 Å². The summed E-state index contributed by atoms with van der Waals surface area (Å²) >= 11 is 0. The maximum atomic E-state index is 11.7. The Bertz CT molecular complexity index is 131. The van der Waals surface area contributed by atoms with Crippen molar-refractivity contribution in [3.05, 3.63) is 0 Å². The Hall–Kier alpha value is -0.260. The Morgan fingerprint density at radius 3 is 2.62 bits per heavy atom. The molecule has 0 saturated heterocycles. The van der Waals surface area contributed by atoms with Crippen LogP contribution in [0.2, 0.25) is 0 Å². The molecule has 0 radical (unpaired) electrons. The van der Waals surface area contributed by atoms with E-state index >= 15 is 0 Å². The molecular formula is C8H17F2NO2. The second-order valence-corrected chi connectivity index (χ2v) is 3.26. The highest BCUT2D eigenvalue weighted by Gasteiger charge is 2.19. The van der Waals surface area contributed by atoms with Crippen molar-refractivity contribution in [1.29, 1.82) is 0 Å². The van der Waals surface area contributed by atoms with Crippen LogP contribution >= 0.6 is 0 Å². The first-order valence-electron chi connectivity index (χ1n) is 4.18. The first-order valence-corrected chi connectivity index (χ1v) is 4.18. The summed E-state index contributed by atoms with van der Waals surface area (Å²) in [6.45, 7) is 1.78. The van der Waals surface area contributed by atoms with Crippen LogP contribution in [0.25, 0.3) is 0 Å². The van der Waals surface area contributed by atoms with Gasteiger partial charge in [0, 0.05) is 26.7 Å². The highest BCUT2D eigenvalue weighted by Crippen LogP contribution is 2.07. The van der Waals surface area contributed by atoms with Gasteiger partial charge in [0.1, 0.15) is 0 Å². The van der Waals surface area contributed by atoms with Crippen LogP contribution < -0.4 is 5.32 Å². The zero-order chi connectivity index (χ0) is 10.3. The van der Waals surface area contributed by atoms with E-state index in [4.69, 9.17) is 4.74 Å². The van der Waals surface area contributed by atoms with Gasteiger partial charge in [-0.2, -0.15) is 0 Å². The molecular weight excluding hydrogens is 180 g/mol. The monoisotopic (exact) mass is 197 g/mol. The third-order valence-corrected chi connectivity index (χ3v) is 1.65. The van der Waals surface area contributed by atoms with Crippen LogP contribution in [0.5, 0.6) is 0 Å². The van der Waals surface area contributed by atoms with Gasteiger partial charge in [0.05, 0.1) is 12.1 Å². The molecule has 1 unspecified atom stereocenters. The SMILES string of the molecule is COCCC(C)(O)CNCC(F)F. The lowest BCUT2D eigenvalue weighted by molar-refractivity contribution is 0.0214. The molecule has 13 heavy (non-hydrogen) atoms. The van der Waals surface area contributed by atoms with Crippen molar-refractivity contribution < 1.29 is 18.6 Å². The zero-order valence-corrected chi connectivity index (χ0v) is 8.02. The average Bonchev–Trinajstić information content (AvgIpc) is 2.00. The van der Waals surface area contributed by atoms with Gasteiger partial charge in [0.15, 0.2) is 0 Å². The molecule has 0 aliphatic rings. The molecule has 0 aromatic heterocycles. The van der Waals surface area contributed by atoms with Crippen LogP contribution in [0.15, 0.2) is 0 Å². The van der Waals surface area contributed by atoms with E-state index in [0.29, 0.717) is 13.0 Å². The molecule has 2 N–H and O–H groups in total. The molecule has 0 rings (SSSR count). The van der Waals surface area contributed by atoms with Crippen LogP contribution in [0.1, 0.15) is 13.3 Å². The largest absolute Gasteiger partial charge is 0.389 e. The van der Waals surface area contributed by atoms with Crippen LogP contribution in [-0.2, 0) is 4.74 Å². The number of hydrogen-bond donors (Lipinski definition) is 2. The first-order chi connectivity index (χ1) is 5.98. The summed E-state index contributed by atoms with van der Waals surface area (Å²) in [5.41, 5.74) is -0.981. The highest BCUT2D eigenvalue weighted by molar-refractivity contribution is 4.75. The predicted molar refractivity (Wildman–Crippen MR) is 46.0 cm³/mol. The number of rotatable bonds is 7. The van der Waals surface area contributed by atoms with Gasteiger partial charge in [-0.3, -0.25) is 0 Å². The van der Waals surface area contributed by atoms with E-state index in [9.17, 15) is 13.9 Å². The second kappa shape index (κ2) is 6.23. The molecule has 0 aromatic carbocycles. The third-order valence-electron chi connectivity index (χ3n) is 1.65. The maximum absolute atomic E-state index is 11.7. The fourth-order valence-electron chi connectivity index (χ4n) is 0.861. The Morgan fingerprint density at radius 2 is 2.15 bits per heavy atom. The van der Waals surface area contributed by atoms with Crippen molar-refractivity contribution in [3.8, 4) is 0 Å². The lowest BCUT2D eigenvalue weighted by Crippen LogP contribution is -2.40. The lowest BCUT2D eigenvalue weighted by atomic mass is 10.0. The van der Waals surface area contributed by atoms with Crippen molar-refractivity contribution in [2.45, 2.75) is 25.4 Å². The van der Waals surface area contributed by atoms with E-state index in [1.54, 1.807) is 6.92 Å². The van der Waals surface area contributed by atoms with Crippen LogP contribution in [0, 0.1) is 0 Å². The van der Waals surface area contributed by atoms with E-state index in [2.05, 4.69) is 5.32 Å². The Balaban J connectivity index is 3.50. The van der Waals surface area contributed by atoms with Crippen molar-refractivity contribution in [1.82, 2.24) is 5.32 Å². The molecule has 0 aliphatic carbocycles. The fraction of sp³-hybridized carbons (Fsp3) is 1.00. The molecule has 3 nitrogen and oxygen atoms in total. The van der Waals surface area contributed by atoms with Crippen LogP contribution in [0.3, 0.4) is 0 Å². The summed E-state index contributed by atoms with van der Waals surface area (Å²) in [5, 5.41) is 12.0. The van der Waals surface area contributed by atoms with E-state index < -0.39 is 12.0 Å². The standard InChI is InChI=1S/C8H17F2NO2/c1-8(12,3-4-13-2)6-11-5-7(9)10/h7,11-12H,3-6H2,1-2H3. The van der Waals surface area contributed by atoms with Crippen LogP contribution in [-0.4, -0.2) is 43.9 Å². The van der Waals surface area contributed by atoms with Gasteiger partial charge in [0.2, 0.25) is 0 Å². The van der Waals surface area contributed by atoms with Crippen molar-refractivity contribution >= 4 is 0 Å². The molecule has 80 valence electrons. The number of halogens is 2. The van der Waals surface area contributed by atoms with E-state index in [1.807, 2.05) is 0 Å². The summed E-state index contributed by atoms with van der Waals surface area (Å²) in [6, 6.07) is 0. The Morgan fingerprint density at radius 1 is 1.54 bits per heavy atom. The van der Waals surface area contributed by atoms with Gasteiger partial charge in [-0.25, -0.2) is 8.78 Å². The van der Waals surface area contributed by atoms with Crippen molar-refractivity contribution in [2.75, 3.05) is 26.8 Å². The zero-order valence-electron chi connectivity index (χ0n) is 8.02. The number of nitrogens with one attached hydrogen (secondary N) is 1. The van der Waals surface area contributed by atoms with E-state index in [1.165, 1.54) is 7.11 Å². The van der Waals surface area contributed by atoms with Gasteiger partial charge in [-0.15, -0.1) is 0 Å². The third kappa shape index (κ3) is 8.08. The Labute approximate surface area is 77.1 Å². The fourth-order valence-corrected chi connectivity index (χ4v) is 0.861. The number of alkyl halides is 2. The number of hydrogen-bond acceptors (Lipinski definition) is 3. The molecule has 0 heterocycles. The highest BCUT2D eigenvalue weighted by atomic mass is 19.3. The van der Waals surface area contributed by atoms with Gasteiger partial charge >= 0.3 is 0 Å². The molecule has 0 aromatic rings. The summed E-state index contributed by atoms with van der Waals surface area (Å²) in [4.78, 5) is 0. The minimum absolute atomic E-state index is 0.153. The summed E-state index contributed by atoms with van der Waals surface area (Å²) < 4.78 is 28.2. The van der Waals surface area contributed by atoms with Gasteiger partial charge < -0.3 is 15.2 Å². The molecule has 5 heteroatoms. The van der Waals surface area contributed by atoms with Crippen molar-refractivity contribution in [3.63, 3.8) is 0 Å². The van der Waals surface area contributed by atoms with Gasteiger partial charge in [-0.05, 0) is 6.92 Å². The summed E-state index contributed by atoms with van der Waals surface area (Å²) in [6.07, 6.45) is -1.95. The van der Waals surface area contributed by atoms with Crippen LogP contribution in [0.4, 0.5) is 8.78 Å². The quantitative estimate of drug-likeness (QED) is 0.629. The normalized spacial score (nSPS) is 16.2. The molecule has 0 aliphatic heterocycles. The number of aliphatic hydroxyl groups is 1. The minimum atomic E-state index is -2.38. The van der Waals surface area contributed by atoms with Gasteiger partial charge in [0.25, 0.3) is 6.43 Å². The number of methoxy groups -OCH3 is 1. The molecule has 0 spiro atoms. The second-order valence-electron chi connectivity index (χ2n) is 3.26. The number of ether oxygens (including phenoxy) is 1. The first kappa shape index (κ1) is 12.7. The molecule has 0 fully saturated rings. The van der Waals surface area contributed by atoms with E-state index in [-0.39, 0.29) is 13.1 Å². The lowest BCUT2D eigenvalue weighted by Gasteiger charge is -2.23. The predicted octanol–water partition coefficient (Wildman–Crippen LogP) is 0.629. The smallest absolute Gasteiger partial charge is 0.250 e. The topological polar surface area (TPSA) is 41.5 Å². The molecule has 1 atom stereocenters. The molecule has 0 bridgehead atoms.